The van der Waals surface area contributed by atoms with Gasteiger partial charge in [0.05, 0.1) is 10.5 Å². The van der Waals surface area contributed by atoms with Crippen LogP contribution in [0.3, 0.4) is 0 Å². The van der Waals surface area contributed by atoms with Crippen molar-refractivity contribution in [2.45, 2.75) is 17.7 Å². The fourth-order valence-electron chi connectivity index (χ4n) is 2.18. The van der Waals surface area contributed by atoms with Crippen LogP contribution in [-0.2, 0) is 10.0 Å². The Hall–Kier alpha value is -1.49. The molecule has 7 heteroatoms. The van der Waals surface area contributed by atoms with Gasteiger partial charge >= 0.3 is 0 Å². The molecule has 0 saturated carbocycles. The SMILES string of the molecule is N#Cc1cc(S(=O)(=O)NCCN2CCCC2)ccc1F. The molecular weight excluding hydrogens is 281 g/mol. The summed E-state index contributed by atoms with van der Waals surface area (Å²) in [5, 5.41) is 8.72. The van der Waals surface area contributed by atoms with Gasteiger partial charge in [0, 0.05) is 13.1 Å². The first kappa shape index (κ1) is 14.9. The van der Waals surface area contributed by atoms with E-state index in [2.05, 4.69) is 9.62 Å². The van der Waals surface area contributed by atoms with Gasteiger partial charge in [-0.25, -0.2) is 17.5 Å². The molecule has 0 radical (unpaired) electrons. The summed E-state index contributed by atoms with van der Waals surface area (Å²) in [7, 11) is -3.70. The molecule has 0 spiro atoms. The number of nitrogens with one attached hydrogen (secondary N) is 1. The number of sulfonamides is 1. The lowest BCUT2D eigenvalue weighted by Gasteiger charge is -2.14. The Labute approximate surface area is 118 Å². The highest BCUT2D eigenvalue weighted by atomic mass is 32.2. The summed E-state index contributed by atoms with van der Waals surface area (Å²) in [5.41, 5.74) is -0.271. The molecule has 0 aliphatic carbocycles. The average molecular weight is 297 g/mol. The summed E-state index contributed by atoms with van der Waals surface area (Å²) < 4.78 is 39.7. The van der Waals surface area contributed by atoms with Gasteiger partial charge in [0.15, 0.2) is 0 Å². The zero-order valence-corrected chi connectivity index (χ0v) is 11.8. The van der Waals surface area contributed by atoms with Crippen LogP contribution >= 0.6 is 0 Å². The molecule has 0 amide bonds. The maximum Gasteiger partial charge on any atom is 0.240 e. The maximum atomic E-state index is 13.2. The minimum absolute atomic E-state index is 0.0862. The fourth-order valence-corrected chi connectivity index (χ4v) is 3.23. The van der Waals surface area contributed by atoms with E-state index in [4.69, 9.17) is 5.26 Å². The lowest BCUT2D eigenvalue weighted by molar-refractivity contribution is 0.344. The summed E-state index contributed by atoms with van der Waals surface area (Å²) in [5.74, 6) is -0.719. The van der Waals surface area contributed by atoms with Gasteiger partial charge in [0.2, 0.25) is 10.0 Å². The number of rotatable bonds is 5. The van der Waals surface area contributed by atoms with Crippen molar-refractivity contribution in [2.24, 2.45) is 0 Å². The van der Waals surface area contributed by atoms with Crippen LogP contribution in [0.2, 0.25) is 0 Å². The van der Waals surface area contributed by atoms with Crippen molar-refractivity contribution < 1.29 is 12.8 Å². The standard InChI is InChI=1S/C13H16FN3O2S/c14-13-4-3-12(9-11(13)10-15)20(18,19)16-5-8-17-6-1-2-7-17/h3-4,9,16H,1-2,5-8H2. The molecule has 1 aromatic carbocycles. The third kappa shape index (κ3) is 3.54. The number of nitrogens with zero attached hydrogens (tertiary/aromatic N) is 2. The molecule has 0 aromatic heterocycles. The molecule has 1 saturated heterocycles. The van der Waals surface area contributed by atoms with E-state index in [-0.39, 0.29) is 10.5 Å². The molecule has 0 atom stereocenters. The van der Waals surface area contributed by atoms with Gasteiger partial charge in [0.25, 0.3) is 0 Å². The molecule has 5 nitrogen and oxygen atoms in total. The second-order valence-corrected chi connectivity index (χ2v) is 6.47. The zero-order chi connectivity index (χ0) is 14.6. The number of halogens is 1. The van der Waals surface area contributed by atoms with Crippen molar-refractivity contribution >= 4 is 10.0 Å². The first-order valence-electron chi connectivity index (χ1n) is 6.44. The third-order valence-corrected chi connectivity index (χ3v) is 4.75. The van der Waals surface area contributed by atoms with Crippen molar-refractivity contribution in [3.63, 3.8) is 0 Å². The van der Waals surface area contributed by atoms with E-state index in [9.17, 15) is 12.8 Å². The molecule has 1 aliphatic rings. The van der Waals surface area contributed by atoms with Crippen LogP contribution in [0.5, 0.6) is 0 Å². The largest absolute Gasteiger partial charge is 0.302 e. The number of benzene rings is 1. The van der Waals surface area contributed by atoms with Gasteiger partial charge in [-0.05, 0) is 44.1 Å². The Bertz CT molecular complexity index is 619. The Morgan fingerprint density at radius 3 is 2.70 bits per heavy atom. The molecule has 1 fully saturated rings. The predicted molar refractivity (Wildman–Crippen MR) is 72.0 cm³/mol. The Morgan fingerprint density at radius 1 is 1.35 bits per heavy atom. The summed E-state index contributed by atoms with van der Waals surface area (Å²) in [6.45, 7) is 2.96. The van der Waals surface area contributed by atoms with E-state index in [0.717, 1.165) is 44.1 Å². The fraction of sp³-hybridized carbons (Fsp3) is 0.462. The van der Waals surface area contributed by atoms with Crippen LogP contribution in [0.15, 0.2) is 23.1 Å². The van der Waals surface area contributed by atoms with Crippen molar-refractivity contribution in [3.05, 3.63) is 29.6 Å². The summed E-state index contributed by atoms with van der Waals surface area (Å²) >= 11 is 0. The van der Waals surface area contributed by atoms with Gasteiger partial charge < -0.3 is 4.90 Å². The van der Waals surface area contributed by atoms with Gasteiger partial charge in [-0.3, -0.25) is 0 Å². The highest BCUT2D eigenvalue weighted by Crippen LogP contribution is 2.14. The Morgan fingerprint density at radius 2 is 2.05 bits per heavy atom. The number of hydrogen-bond acceptors (Lipinski definition) is 4. The lowest BCUT2D eigenvalue weighted by atomic mass is 10.2. The normalized spacial score (nSPS) is 16.2. The monoisotopic (exact) mass is 297 g/mol. The van der Waals surface area contributed by atoms with Crippen molar-refractivity contribution in [3.8, 4) is 6.07 Å². The summed E-state index contributed by atoms with van der Waals surface area (Å²) in [6, 6.07) is 4.84. The molecule has 1 aliphatic heterocycles. The highest BCUT2D eigenvalue weighted by Gasteiger charge is 2.17. The molecule has 0 bridgehead atoms. The number of hydrogen-bond donors (Lipinski definition) is 1. The zero-order valence-electron chi connectivity index (χ0n) is 11.0. The smallest absolute Gasteiger partial charge is 0.240 e. The van der Waals surface area contributed by atoms with Crippen LogP contribution < -0.4 is 4.72 Å². The van der Waals surface area contributed by atoms with E-state index < -0.39 is 15.8 Å². The van der Waals surface area contributed by atoms with Crippen molar-refractivity contribution in [2.75, 3.05) is 26.2 Å². The quantitative estimate of drug-likeness (QED) is 0.882. The van der Waals surface area contributed by atoms with Crippen molar-refractivity contribution in [1.82, 2.24) is 9.62 Å². The molecule has 1 N–H and O–H groups in total. The van der Waals surface area contributed by atoms with Crippen LogP contribution in [-0.4, -0.2) is 39.5 Å². The third-order valence-electron chi connectivity index (χ3n) is 3.29. The molecule has 1 heterocycles. The van der Waals surface area contributed by atoms with Crippen molar-refractivity contribution in [1.29, 1.82) is 5.26 Å². The molecular formula is C13H16FN3O2S. The molecule has 2 rings (SSSR count). The summed E-state index contributed by atoms with van der Waals surface area (Å²) in [6.07, 6.45) is 2.30. The van der Waals surface area contributed by atoms with Crippen LogP contribution in [0.25, 0.3) is 0 Å². The van der Waals surface area contributed by atoms with E-state index in [1.54, 1.807) is 6.07 Å². The summed E-state index contributed by atoms with van der Waals surface area (Å²) in [4.78, 5) is 2.10. The lowest BCUT2D eigenvalue weighted by Crippen LogP contribution is -2.33. The Kier molecular flexibility index (Phi) is 4.70. The molecule has 0 unspecified atom stereocenters. The van der Waals surface area contributed by atoms with Gasteiger partial charge in [-0.2, -0.15) is 5.26 Å². The maximum absolute atomic E-state index is 13.2. The minimum atomic E-state index is -3.70. The van der Waals surface area contributed by atoms with Gasteiger partial charge in [-0.15, -0.1) is 0 Å². The molecule has 20 heavy (non-hydrogen) atoms. The van der Waals surface area contributed by atoms with E-state index in [1.165, 1.54) is 0 Å². The van der Waals surface area contributed by atoms with E-state index in [0.29, 0.717) is 13.1 Å². The second kappa shape index (κ2) is 6.31. The topological polar surface area (TPSA) is 73.2 Å². The van der Waals surface area contributed by atoms with E-state index >= 15 is 0 Å². The van der Waals surface area contributed by atoms with Gasteiger partial charge in [0.1, 0.15) is 11.9 Å². The number of nitriles is 1. The van der Waals surface area contributed by atoms with Gasteiger partial charge in [-0.1, -0.05) is 0 Å². The van der Waals surface area contributed by atoms with Crippen LogP contribution in [0.4, 0.5) is 4.39 Å². The second-order valence-electron chi connectivity index (χ2n) is 4.70. The van der Waals surface area contributed by atoms with Crippen LogP contribution in [0, 0.1) is 17.1 Å². The number of likely N-dealkylation sites (tertiary alicyclic amines) is 1. The minimum Gasteiger partial charge on any atom is -0.302 e. The predicted octanol–water partition coefficient (Wildman–Crippen LogP) is 1.07. The first-order chi connectivity index (χ1) is 9.53. The molecule has 1 aromatic rings. The first-order valence-corrected chi connectivity index (χ1v) is 7.93. The highest BCUT2D eigenvalue weighted by molar-refractivity contribution is 7.89. The average Bonchev–Trinajstić information content (AvgIpc) is 2.92. The Balaban J connectivity index is 2.00. The van der Waals surface area contributed by atoms with Crippen LogP contribution in [0.1, 0.15) is 18.4 Å². The van der Waals surface area contributed by atoms with E-state index in [1.807, 2.05) is 0 Å². The molecule has 108 valence electrons.